The van der Waals surface area contributed by atoms with Crippen molar-refractivity contribution in [3.63, 3.8) is 0 Å². The number of hydrogen-bond acceptors (Lipinski definition) is 3. The molecule has 8 heteroatoms. The van der Waals surface area contributed by atoms with Crippen LogP contribution in [0.3, 0.4) is 0 Å². The molecule has 134 valence electrons. The average Bonchev–Trinajstić information content (AvgIpc) is 2.58. The number of hydrogen-bond donors (Lipinski definition) is 1. The fourth-order valence-electron chi connectivity index (χ4n) is 2.04. The molecule has 0 aliphatic rings. The maximum atomic E-state index is 13.9. The Morgan fingerprint density at radius 2 is 1.84 bits per heavy atom. The van der Waals surface area contributed by atoms with Gasteiger partial charge in [-0.3, -0.25) is 4.79 Å². The Balaban J connectivity index is 2.32. The first-order chi connectivity index (χ1) is 11.6. The molecular weight excluding hydrogens is 367 g/mol. The summed E-state index contributed by atoms with van der Waals surface area (Å²) in [5.74, 6) is -1.38. The molecule has 0 bridgehead atoms. The van der Waals surface area contributed by atoms with E-state index in [0.717, 1.165) is 0 Å². The Morgan fingerprint density at radius 1 is 1.20 bits per heavy atom. The lowest BCUT2D eigenvalue weighted by atomic mass is 10.2. The van der Waals surface area contributed by atoms with Crippen LogP contribution >= 0.6 is 11.6 Å². The van der Waals surface area contributed by atoms with E-state index < -0.39 is 21.7 Å². The number of carbonyl (C=O) groups excluding carboxylic acids is 1. The maximum absolute atomic E-state index is 13.9. The van der Waals surface area contributed by atoms with E-state index >= 15 is 0 Å². The highest BCUT2D eigenvalue weighted by Crippen LogP contribution is 2.23. The molecular formula is C17H18ClFN2O3S. The number of sulfonamides is 1. The number of nitrogens with one attached hydrogen (secondary N) is 1. The molecule has 0 saturated carbocycles. The van der Waals surface area contributed by atoms with Gasteiger partial charge in [-0.25, -0.2) is 12.8 Å². The van der Waals surface area contributed by atoms with Crippen LogP contribution in [-0.2, 0) is 10.0 Å². The molecule has 2 aromatic rings. The second-order valence-corrected chi connectivity index (χ2v) is 8.10. The lowest BCUT2D eigenvalue weighted by Gasteiger charge is -2.21. The third-order valence-electron chi connectivity index (χ3n) is 3.70. The first kappa shape index (κ1) is 19.4. The van der Waals surface area contributed by atoms with Gasteiger partial charge in [0.1, 0.15) is 0 Å². The minimum Gasteiger partial charge on any atom is -0.319 e. The zero-order valence-corrected chi connectivity index (χ0v) is 15.5. The van der Waals surface area contributed by atoms with Crippen LogP contribution in [0, 0.1) is 5.82 Å². The van der Waals surface area contributed by atoms with Gasteiger partial charge in [-0.2, -0.15) is 4.31 Å². The molecule has 1 amide bonds. The van der Waals surface area contributed by atoms with Crippen LogP contribution in [0.4, 0.5) is 10.1 Å². The van der Waals surface area contributed by atoms with Crippen molar-refractivity contribution in [1.29, 1.82) is 0 Å². The van der Waals surface area contributed by atoms with Gasteiger partial charge in [-0.15, -0.1) is 0 Å². The van der Waals surface area contributed by atoms with Crippen molar-refractivity contribution in [2.45, 2.75) is 24.8 Å². The van der Waals surface area contributed by atoms with E-state index in [1.165, 1.54) is 53.8 Å². The van der Waals surface area contributed by atoms with Crippen LogP contribution in [0.2, 0.25) is 5.02 Å². The normalized spacial score (nSPS) is 11.8. The van der Waals surface area contributed by atoms with Crippen molar-refractivity contribution in [2.24, 2.45) is 0 Å². The van der Waals surface area contributed by atoms with Crippen molar-refractivity contribution < 1.29 is 17.6 Å². The van der Waals surface area contributed by atoms with Gasteiger partial charge in [-0.05, 0) is 44.2 Å². The van der Waals surface area contributed by atoms with Crippen LogP contribution in [0.5, 0.6) is 0 Å². The molecule has 25 heavy (non-hydrogen) atoms. The van der Waals surface area contributed by atoms with Crippen molar-refractivity contribution >= 4 is 33.2 Å². The van der Waals surface area contributed by atoms with Crippen LogP contribution in [0.25, 0.3) is 0 Å². The fraction of sp³-hybridized carbons (Fsp3) is 0.235. The lowest BCUT2D eigenvalue weighted by molar-refractivity contribution is 0.102. The minimum absolute atomic E-state index is 0.0112. The van der Waals surface area contributed by atoms with E-state index in [1.807, 2.05) is 0 Å². The summed E-state index contributed by atoms with van der Waals surface area (Å²) in [7, 11) is -2.26. The highest BCUT2D eigenvalue weighted by molar-refractivity contribution is 7.89. The van der Waals surface area contributed by atoms with Gasteiger partial charge < -0.3 is 5.32 Å². The summed E-state index contributed by atoms with van der Waals surface area (Å²) in [6, 6.07) is 9.57. The quantitative estimate of drug-likeness (QED) is 0.853. The lowest BCUT2D eigenvalue weighted by Crippen LogP contribution is -2.33. The van der Waals surface area contributed by atoms with E-state index in [0.29, 0.717) is 0 Å². The SMILES string of the molecule is CC(C)N(C)S(=O)(=O)c1cccc(C(=O)Nc2cccc(Cl)c2F)c1. The smallest absolute Gasteiger partial charge is 0.255 e. The Morgan fingerprint density at radius 3 is 2.48 bits per heavy atom. The molecule has 0 saturated heterocycles. The monoisotopic (exact) mass is 384 g/mol. The predicted molar refractivity (Wildman–Crippen MR) is 95.9 cm³/mol. The van der Waals surface area contributed by atoms with Gasteiger partial charge in [0, 0.05) is 18.7 Å². The predicted octanol–water partition coefficient (Wildman–Crippen LogP) is 3.76. The van der Waals surface area contributed by atoms with E-state index in [-0.39, 0.29) is 27.2 Å². The van der Waals surface area contributed by atoms with Crippen LogP contribution in [0.15, 0.2) is 47.4 Å². The molecule has 0 aliphatic carbocycles. The third-order valence-corrected chi connectivity index (χ3v) is 6.02. The Labute approximate surface area is 151 Å². The highest BCUT2D eigenvalue weighted by Gasteiger charge is 2.24. The maximum Gasteiger partial charge on any atom is 0.255 e. The number of amides is 1. The Bertz CT molecular complexity index is 901. The van der Waals surface area contributed by atoms with Gasteiger partial charge in [0.15, 0.2) is 5.82 Å². The van der Waals surface area contributed by atoms with E-state index in [2.05, 4.69) is 5.32 Å². The van der Waals surface area contributed by atoms with Gasteiger partial charge in [0.25, 0.3) is 5.91 Å². The topological polar surface area (TPSA) is 66.5 Å². The minimum atomic E-state index is -3.72. The van der Waals surface area contributed by atoms with Gasteiger partial charge >= 0.3 is 0 Å². The van der Waals surface area contributed by atoms with E-state index in [4.69, 9.17) is 11.6 Å². The number of anilines is 1. The number of nitrogens with zero attached hydrogens (tertiary/aromatic N) is 1. The van der Waals surface area contributed by atoms with Crippen LogP contribution < -0.4 is 5.32 Å². The molecule has 0 spiro atoms. The molecule has 0 atom stereocenters. The number of carbonyl (C=O) groups is 1. The molecule has 0 aliphatic heterocycles. The van der Waals surface area contributed by atoms with Gasteiger partial charge in [0.05, 0.1) is 15.6 Å². The molecule has 0 fully saturated rings. The molecule has 0 heterocycles. The summed E-state index contributed by atoms with van der Waals surface area (Å²) < 4.78 is 40.1. The average molecular weight is 385 g/mol. The molecule has 1 N–H and O–H groups in total. The zero-order chi connectivity index (χ0) is 18.8. The second-order valence-electron chi connectivity index (χ2n) is 5.70. The highest BCUT2D eigenvalue weighted by atomic mass is 35.5. The fourth-order valence-corrected chi connectivity index (χ4v) is 3.63. The molecule has 0 radical (unpaired) electrons. The third kappa shape index (κ3) is 4.18. The summed E-state index contributed by atoms with van der Waals surface area (Å²) in [6.45, 7) is 3.49. The van der Waals surface area contributed by atoms with Crippen LogP contribution in [-0.4, -0.2) is 31.7 Å². The second kappa shape index (κ2) is 7.51. The first-order valence-electron chi connectivity index (χ1n) is 7.48. The summed E-state index contributed by atoms with van der Waals surface area (Å²) in [5.41, 5.74) is 0.0164. The number of halogens is 2. The molecule has 2 rings (SSSR count). The standard InChI is InChI=1S/C17H18ClFN2O3S/c1-11(2)21(3)25(23,24)13-7-4-6-12(10-13)17(22)20-15-9-5-8-14(18)16(15)19/h4-11H,1-3H3,(H,20,22). The molecule has 0 aromatic heterocycles. The molecule has 5 nitrogen and oxygen atoms in total. The largest absolute Gasteiger partial charge is 0.319 e. The van der Waals surface area contributed by atoms with Crippen molar-refractivity contribution in [3.05, 3.63) is 58.9 Å². The molecule has 2 aromatic carbocycles. The van der Waals surface area contributed by atoms with E-state index in [1.54, 1.807) is 13.8 Å². The Hall–Kier alpha value is -1.96. The summed E-state index contributed by atoms with van der Waals surface area (Å²) in [4.78, 5) is 12.3. The number of rotatable bonds is 5. The summed E-state index contributed by atoms with van der Waals surface area (Å²) >= 11 is 5.68. The zero-order valence-electron chi connectivity index (χ0n) is 14.0. The Kier molecular flexibility index (Phi) is 5.82. The van der Waals surface area contributed by atoms with Crippen LogP contribution in [0.1, 0.15) is 24.2 Å². The van der Waals surface area contributed by atoms with Crippen molar-refractivity contribution in [2.75, 3.05) is 12.4 Å². The molecule has 0 unspecified atom stereocenters. The summed E-state index contributed by atoms with van der Waals surface area (Å²) in [6.07, 6.45) is 0. The van der Waals surface area contributed by atoms with Gasteiger partial charge in [0.2, 0.25) is 10.0 Å². The van der Waals surface area contributed by atoms with Gasteiger partial charge in [-0.1, -0.05) is 23.7 Å². The van der Waals surface area contributed by atoms with E-state index in [9.17, 15) is 17.6 Å². The summed E-state index contributed by atoms with van der Waals surface area (Å²) in [5, 5.41) is 2.27. The number of benzene rings is 2. The van der Waals surface area contributed by atoms with Crippen molar-refractivity contribution in [3.8, 4) is 0 Å². The van der Waals surface area contributed by atoms with Crippen molar-refractivity contribution in [1.82, 2.24) is 4.31 Å². The first-order valence-corrected chi connectivity index (χ1v) is 9.30.